The molecular weight excluding hydrogens is 300 g/mol. The number of nitrogens with one attached hydrogen (secondary N) is 1. The van der Waals surface area contributed by atoms with Gasteiger partial charge in [0.15, 0.2) is 0 Å². The van der Waals surface area contributed by atoms with Gasteiger partial charge in [-0.05, 0) is 36.4 Å². The van der Waals surface area contributed by atoms with Gasteiger partial charge < -0.3 is 5.11 Å². The number of hydrazone groups is 1. The first kappa shape index (κ1) is 14.1. The van der Waals surface area contributed by atoms with Gasteiger partial charge in [0.25, 0.3) is 0 Å². The Hall–Kier alpha value is -3.47. The Labute approximate surface area is 138 Å². The summed E-state index contributed by atoms with van der Waals surface area (Å²) in [5.74, 6) is 0.832. The summed E-state index contributed by atoms with van der Waals surface area (Å²) in [6.07, 6.45) is 3.35. The van der Waals surface area contributed by atoms with E-state index in [1.807, 2.05) is 48.5 Å². The van der Waals surface area contributed by atoms with Gasteiger partial charge >= 0.3 is 0 Å². The molecule has 2 aromatic carbocycles. The van der Waals surface area contributed by atoms with Crippen LogP contribution in [0.15, 0.2) is 72.0 Å². The molecule has 0 bridgehead atoms. The van der Waals surface area contributed by atoms with Crippen LogP contribution in [0.5, 0.6) is 5.75 Å². The van der Waals surface area contributed by atoms with Gasteiger partial charge in [0, 0.05) is 22.5 Å². The molecule has 0 fully saturated rings. The molecule has 2 aromatic heterocycles. The number of hydrogen-bond acceptors (Lipinski definition) is 5. The minimum Gasteiger partial charge on any atom is -0.506 e. The molecule has 0 aliphatic rings. The van der Waals surface area contributed by atoms with Crippen molar-refractivity contribution in [3.05, 3.63) is 72.4 Å². The number of aromatic nitrogens is 2. The van der Waals surface area contributed by atoms with E-state index in [1.54, 1.807) is 24.5 Å². The highest BCUT2D eigenvalue weighted by atomic mass is 16.3. The fraction of sp³-hybridized carbons (Fsp3) is 0. The number of para-hydroxylation sites is 1. The van der Waals surface area contributed by atoms with Gasteiger partial charge in [0.2, 0.25) is 0 Å². The number of aromatic hydroxyl groups is 1. The molecule has 0 radical (unpaired) electrons. The number of phenols is 1. The summed E-state index contributed by atoms with van der Waals surface area (Å²) in [7, 11) is 0. The zero-order chi connectivity index (χ0) is 16.4. The van der Waals surface area contributed by atoms with Crippen molar-refractivity contribution < 1.29 is 5.11 Å². The van der Waals surface area contributed by atoms with E-state index in [1.165, 1.54) is 0 Å². The van der Waals surface area contributed by atoms with Crippen molar-refractivity contribution in [3.63, 3.8) is 0 Å². The number of rotatable bonds is 3. The fourth-order valence-electron chi connectivity index (χ4n) is 2.59. The zero-order valence-electron chi connectivity index (χ0n) is 12.7. The third kappa shape index (κ3) is 2.63. The first-order chi connectivity index (χ1) is 11.8. The molecule has 24 heavy (non-hydrogen) atoms. The average Bonchev–Trinajstić information content (AvgIpc) is 2.64. The highest BCUT2D eigenvalue weighted by Gasteiger charge is 2.04. The van der Waals surface area contributed by atoms with Crippen LogP contribution in [0.4, 0.5) is 5.82 Å². The van der Waals surface area contributed by atoms with E-state index >= 15 is 0 Å². The number of anilines is 1. The summed E-state index contributed by atoms with van der Waals surface area (Å²) >= 11 is 0. The lowest BCUT2D eigenvalue weighted by Gasteiger charge is -2.04. The molecule has 0 aliphatic carbocycles. The molecule has 0 saturated carbocycles. The van der Waals surface area contributed by atoms with E-state index in [-0.39, 0.29) is 5.75 Å². The standard InChI is InChI=1S/C19H14N4O/c24-17-9-7-14(15-5-3-11-20-19(15)17)12-21-23-18-10-8-13-4-1-2-6-16(13)22-18/h1-12,24H,(H,22,23). The van der Waals surface area contributed by atoms with Crippen LogP contribution in [0.25, 0.3) is 21.8 Å². The Balaban J connectivity index is 1.62. The van der Waals surface area contributed by atoms with Crippen molar-refractivity contribution in [2.45, 2.75) is 0 Å². The molecule has 5 heteroatoms. The van der Waals surface area contributed by atoms with E-state index in [0.717, 1.165) is 21.9 Å². The summed E-state index contributed by atoms with van der Waals surface area (Å²) in [6, 6.07) is 19.0. The molecule has 0 unspecified atom stereocenters. The summed E-state index contributed by atoms with van der Waals surface area (Å²) in [6.45, 7) is 0. The highest BCUT2D eigenvalue weighted by Crippen LogP contribution is 2.24. The highest BCUT2D eigenvalue weighted by molar-refractivity contribution is 6.00. The van der Waals surface area contributed by atoms with Gasteiger partial charge in [-0.25, -0.2) is 4.98 Å². The van der Waals surface area contributed by atoms with Gasteiger partial charge in [-0.15, -0.1) is 0 Å². The van der Waals surface area contributed by atoms with Gasteiger partial charge in [0.05, 0.1) is 11.7 Å². The van der Waals surface area contributed by atoms with E-state index < -0.39 is 0 Å². The molecule has 0 amide bonds. The lowest BCUT2D eigenvalue weighted by molar-refractivity contribution is 0.480. The number of benzene rings is 2. The fourth-order valence-corrected chi connectivity index (χ4v) is 2.59. The summed E-state index contributed by atoms with van der Waals surface area (Å²) in [5.41, 5.74) is 5.28. The Kier molecular flexibility index (Phi) is 3.51. The van der Waals surface area contributed by atoms with E-state index in [9.17, 15) is 5.11 Å². The predicted molar refractivity (Wildman–Crippen MR) is 96.4 cm³/mol. The maximum absolute atomic E-state index is 9.87. The maximum Gasteiger partial charge on any atom is 0.146 e. The molecule has 4 aromatic rings. The average molecular weight is 314 g/mol. The zero-order valence-corrected chi connectivity index (χ0v) is 12.7. The van der Waals surface area contributed by atoms with Crippen LogP contribution in [-0.2, 0) is 0 Å². The van der Waals surface area contributed by atoms with Gasteiger partial charge in [0.1, 0.15) is 17.1 Å². The molecule has 116 valence electrons. The first-order valence-electron chi connectivity index (χ1n) is 7.53. The third-order valence-corrected chi connectivity index (χ3v) is 3.76. The van der Waals surface area contributed by atoms with Crippen molar-refractivity contribution >= 4 is 33.8 Å². The van der Waals surface area contributed by atoms with Crippen LogP contribution in [-0.4, -0.2) is 21.3 Å². The van der Waals surface area contributed by atoms with Gasteiger partial charge in [-0.3, -0.25) is 10.4 Å². The molecule has 0 atom stereocenters. The van der Waals surface area contributed by atoms with Gasteiger partial charge in [-0.2, -0.15) is 5.10 Å². The van der Waals surface area contributed by atoms with Crippen LogP contribution in [0.2, 0.25) is 0 Å². The summed E-state index contributed by atoms with van der Waals surface area (Å²) in [5, 5.41) is 16.0. The summed E-state index contributed by atoms with van der Waals surface area (Å²) < 4.78 is 0. The van der Waals surface area contributed by atoms with Crippen molar-refractivity contribution in [3.8, 4) is 5.75 Å². The number of pyridine rings is 2. The number of fused-ring (bicyclic) bond motifs is 2. The smallest absolute Gasteiger partial charge is 0.146 e. The topological polar surface area (TPSA) is 70.4 Å². The molecule has 0 saturated heterocycles. The lowest BCUT2D eigenvalue weighted by Crippen LogP contribution is -1.94. The largest absolute Gasteiger partial charge is 0.506 e. The molecular formula is C19H14N4O. The monoisotopic (exact) mass is 314 g/mol. The predicted octanol–water partition coefficient (Wildman–Crippen LogP) is 3.93. The Morgan fingerprint density at radius 1 is 0.958 bits per heavy atom. The Morgan fingerprint density at radius 2 is 1.88 bits per heavy atom. The number of phenolic OH excluding ortho intramolecular Hbond substituents is 1. The Bertz CT molecular complexity index is 1060. The normalized spacial score (nSPS) is 11.3. The van der Waals surface area contributed by atoms with Crippen LogP contribution >= 0.6 is 0 Å². The molecule has 2 N–H and O–H groups in total. The van der Waals surface area contributed by atoms with Crippen LogP contribution < -0.4 is 5.43 Å². The van der Waals surface area contributed by atoms with Gasteiger partial charge in [-0.1, -0.05) is 24.3 Å². The molecule has 5 nitrogen and oxygen atoms in total. The minimum absolute atomic E-state index is 0.159. The number of hydrogen-bond donors (Lipinski definition) is 2. The van der Waals surface area contributed by atoms with E-state index in [0.29, 0.717) is 11.3 Å². The quantitative estimate of drug-likeness (QED) is 0.444. The molecule has 2 heterocycles. The van der Waals surface area contributed by atoms with Crippen molar-refractivity contribution in [1.82, 2.24) is 9.97 Å². The third-order valence-electron chi connectivity index (χ3n) is 3.76. The van der Waals surface area contributed by atoms with Crippen molar-refractivity contribution in [2.75, 3.05) is 5.43 Å². The summed E-state index contributed by atoms with van der Waals surface area (Å²) in [4.78, 5) is 8.70. The van der Waals surface area contributed by atoms with Crippen LogP contribution in [0.3, 0.4) is 0 Å². The lowest BCUT2D eigenvalue weighted by atomic mass is 10.1. The number of nitrogens with zero attached hydrogens (tertiary/aromatic N) is 3. The molecule has 0 aliphatic heterocycles. The second kappa shape index (κ2) is 5.96. The molecule has 0 spiro atoms. The van der Waals surface area contributed by atoms with E-state index in [4.69, 9.17) is 0 Å². The van der Waals surface area contributed by atoms with Crippen LogP contribution in [0, 0.1) is 0 Å². The first-order valence-corrected chi connectivity index (χ1v) is 7.53. The van der Waals surface area contributed by atoms with E-state index in [2.05, 4.69) is 20.5 Å². The van der Waals surface area contributed by atoms with Crippen molar-refractivity contribution in [1.29, 1.82) is 0 Å². The minimum atomic E-state index is 0.159. The maximum atomic E-state index is 9.87. The molecule has 4 rings (SSSR count). The second-order valence-electron chi connectivity index (χ2n) is 5.33. The van der Waals surface area contributed by atoms with Crippen molar-refractivity contribution in [2.24, 2.45) is 5.10 Å². The SMILES string of the molecule is Oc1ccc(C=NNc2ccc3ccccc3n2)c2cccnc12. The Morgan fingerprint density at radius 3 is 2.83 bits per heavy atom. The van der Waals surface area contributed by atoms with Crippen LogP contribution in [0.1, 0.15) is 5.56 Å². The second-order valence-corrected chi connectivity index (χ2v) is 5.33.